The van der Waals surface area contributed by atoms with E-state index in [1.807, 2.05) is 36.4 Å². The Morgan fingerprint density at radius 3 is 2.25 bits per heavy atom. The SMILES string of the molecule is CC(C)(C)c1ccc(OCCOc2ccccc2/C=C2\SC(=O)N(Cc3ccc(F)cc3)C2=O)cc1. The maximum absolute atomic E-state index is 13.2. The summed E-state index contributed by atoms with van der Waals surface area (Å²) < 4.78 is 24.9. The van der Waals surface area contributed by atoms with Crippen LogP contribution in [0.1, 0.15) is 37.5 Å². The lowest BCUT2D eigenvalue weighted by atomic mass is 9.87. The van der Waals surface area contributed by atoms with Crippen molar-refractivity contribution in [3.8, 4) is 11.5 Å². The molecule has 0 spiro atoms. The second-order valence-corrected chi connectivity index (χ2v) is 10.4. The molecule has 186 valence electrons. The van der Waals surface area contributed by atoms with E-state index in [1.54, 1.807) is 18.2 Å². The Kier molecular flexibility index (Phi) is 7.79. The number of thioether (sulfide) groups is 1. The first-order valence-electron chi connectivity index (χ1n) is 11.7. The molecule has 1 aliphatic rings. The van der Waals surface area contributed by atoms with E-state index in [-0.39, 0.29) is 28.9 Å². The lowest BCUT2D eigenvalue weighted by Gasteiger charge is -2.19. The van der Waals surface area contributed by atoms with Crippen molar-refractivity contribution in [2.75, 3.05) is 13.2 Å². The van der Waals surface area contributed by atoms with Gasteiger partial charge in [-0.1, -0.05) is 63.2 Å². The molecule has 3 aromatic rings. The van der Waals surface area contributed by atoms with Gasteiger partial charge in [-0.2, -0.15) is 0 Å². The lowest BCUT2D eigenvalue weighted by Crippen LogP contribution is -2.27. The summed E-state index contributed by atoms with van der Waals surface area (Å²) in [6, 6.07) is 21.1. The minimum Gasteiger partial charge on any atom is -0.490 e. The molecule has 1 saturated heterocycles. The molecule has 2 amide bonds. The van der Waals surface area contributed by atoms with E-state index in [9.17, 15) is 14.0 Å². The fourth-order valence-electron chi connectivity index (χ4n) is 3.64. The van der Waals surface area contributed by atoms with Crippen LogP contribution in [0.25, 0.3) is 6.08 Å². The Hall–Kier alpha value is -3.58. The van der Waals surface area contributed by atoms with Gasteiger partial charge in [0.15, 0.2) is 0 Å². The Bertz CT molecular complexity index is 1260. The average Bonchev–Trinajstić information content (AvgIpc) is 3.11. The van der Waals surface area contributed by atoms with Crippen molar-refractivity contribution in [2.24, 2.45) is 0 Å². The van der Waals surface area contributed by atoms with Crippen LogP contribution in [0.3, 0.4) is 0 Å². The summed E-state index contributed by atoms with van der Waals surface area (Å²) in [6.07, 6.45) is 1.66. The highest BCUT2D eigenvalue weighted by molar-refractivity contribution is 8.18. The third kappa shape index (κ3) is 6.34. The molecule has 4 rings (SSSR count). The third-order valence-electron chi connectivity index (χ3n) is 5.66. The minimum atomic E-state index is -0.383. The number of amides is 2. The number of benzene rings is 3. The maximum Gasteiger partial charge on any atom is 0.293 e. The highest BCUT2D eigenvalue weighted by Gasteiger charge is 2.35. The monoisotopic (exact) mass is 505 g/mol. The van der Waals surface area contributed by atoms with Crippen LogP contribution in [0.5, 0.6) is 11.5 Å². The lowest BCUT2D eigenvalue weighted by molar-refractivity contribution is -0.123. The highest BCUT2D eigenvalue weighted by atomic mass is 32.2. The molecule has 0 aliphatic carbocycles. The fourth-order valence-corrected chi connectivity index (χ4v) is 4.47. The van der Waals surface area contributed by atoms with Crippen molar-refractivity contribution >= 4 is 29.0 Å². The van der Waals surface area contributed by atoms with Crippen LogP contribution in [-0.4, -0.2) is 29.3 Å². The predicted octanol–water partition coefficient (Wildman–Crippen LogP) is 6.82. The van der Waals surface area contributed by atoms with Crippen LogP contribution in [0, 0.1) is 5.82 Å². The number of hydrogen-bond acceptors (Lipinski definition) is 5. The quantitative estimate of drug-likeness (QED) is 0.248. The summed E-state index contributed by atoms with van der Waals surface area (Å²) in [5.41, 5.74) is 2.69. The first kappa shape index (κ1) is 25.5. The van der Waals surface area contributed by atoms with Crippen molar-refractivity contribution in [2.45, 2.75) is 32.7 Å². The molecule has 0 radical (unpaired) electrons. The molecule has 36 heavy (non-hydrogen) atoms. The molecule has 0 bridgehead atoms. The smallest absolute Gasteiger partial charge is 0.293 e. The molecule has 1 aliphatic heterocycles. The Labute approximate surface area is 214 Å². The van der Waals surface area contributed by atoms with Gasteiger partial charge < -0.3 is 9.47 Å². The number of para-hydroxylation sites is 1. The molecule has 3 aromatic carbocycles. The van der Waals surface area contributed by atoms with Gasteiger partial charge in [0.25, 0.3) is 11.1 Å². The summed E-state index contributed by atoms with van der Waals surface area (Å²) in [5, 5.41) is -0.361. The van der Waals surface area contributed by atoms with Crippen LogP contribution >= 0.6 is 11.8 Å². The largest absolute Gasteiger partial charge is 0.490 e. The van der Waals surface area contributed by atoms with Crippen molar-refractivity contribution in [1.82, 2.24) is 4.90 Å². The van der Waals surface area contributed by atoms with Gasteiger partial charge in [0.1, 0.15) is 30.5 Å². The van der Waals surface area contributed by atoms with Crippen molar-refractivity contribution < 1.29 is 23.5 Å². The van der Waals surface area contributed by atoms with Gasteiger partial charge in [-0.3, -0.25) is 14.5 Å². The molecular weight excluding hydrogens is 477 g/mol. The first-order chi connectivity index (χ1) is 17.2. The predicted molar refractivity (Wildman–Crippen MR) is 140 cm³/mol. The zero-order chi connectivity index (χ0) is 25.7. The van der Waals surface area contributed by atoms with Gasteiger partial charge in [-0.15, -0.1) is 0 Å². The second-order valence-electron chi connectivity index (χ2n) is 9.40. The number of imide groups is 1. The maximum atomic E-state index is 13.2. The zero-order valence-corrected chi connectivity index (χ0v) is 21.3. The van der Waals surface area contributed by atoms with E-state index >= 15 is 0 Å². The van der Waals surface area contributed by atoms with Crippen LogP contribution in [0.4, 0.5) is 9.18 Å². The summed E-state index contributed by atoms with van der Waals surface area (Å²) in [4.78, 5) is 26.8. The fraction of sp³-hybridized carbons (Fsp3) is 0.241. The molecule has 1 heterocycles. The van der Waals surface area contributed by atoms with Crippen molar-refractivity contribution in [3.05, 3.63) is 100 Å². The van der Waals surface area contributed by atoms with Crippen molar-refractivity contribution in [1.29, 1.82) is 0 Å². The van der Waals surface area contributed by atoms with Crippen molar-refractivity contribution in [3.63, 3.8) is 0 Å². The van der Waals surface area contributed by atoms with Crippen LogP contribution in [0.15, 0.2) is 77.7 Å². The molecule has 1 fully saturated rings. The number of carbonyl (C=O) groups is 2. The summed E-state index contributed by atoms with van der Waals surface area (Å²) in [6.45, 7) is 7.27. The highest BCUT2D eigenvalue weighted by Crippen LogP contribution is 2.35. The molecule has 0 atom stereocenters. The first-order valence-corrected chi connectivity index (χ1v) is 12.5. The van der Waals surface area contributed by atoms with E-state index in [4.69, 9.17) is 9.47 Å². The minimum absolute atomic E-state index is 0.0848. The Morgan fingerprint density at radius 1 is 0.889 bits per heavy atom. The summed E-state index contributed by atoms with van der Waals surface area (Å²) in [7, 11) is 0. The molecular formula is C29H28FNO4S. The standard InChI is InChI=1S/C29H28FNO4S/c1-29(2,3)22-10-14-24(15-11-22)34-16-17-35-25-7-5-4-6-21(25)18-26-27(32)31(28(33)36-26)19-20-8-12-23(30)13-9-20/h4-15,18H,16-17,19H2,1-3H3/b26-18-. The molecule has 0 unspecified atom stereocenters. The summed E-state index contributed by atoms with van der Waals surface area (Å²) >= 11 is 0.880. The molecule has 7 heteroatoms. The van der Waals surface area contributed by atoms with Crippen LogP contribution < -0.4 is 9.47 Å². The molecule has 0 saturated carbocycles. The van der Waals surface area contributed by atoms with Gasteiger partial charge in [0, 0.05) is 5.56 Å². The van der Waals surface area contributed by atoms with Gasteiger partial charge in [-0.25, -0.2) is 4.39 Å². The van der Waals surface area contributed by atoms with E-state index in [2.05, 4.69) is 32.9 Å². The molecule has 5 nitrogen and oxygen atoms in total. The number of halogens is 1. The third-order valence-corrected chi connectivity index (χ3v) is 6.57. The number of ether oxygens (including phenoxy) is 2. The zero-order valence-electron chi connectivity index (χ0n) is 20.5. The average molecular weight is 506 g/mol. The Balaban J connectivity index is 1.37. The number of nitrogens with zero attached hydrogens (tertiary/aromatic N) is 1. The van der Waals surface area contributed by atoms with Gasteiger partial charge in [0.2, 0.25) is 0 Å². The Morgan fingerprint density at radius 2 is 1.56 bits per heavy atom. The van der Waals surface area contributed by atoms with E-state index < -0.39 is 0 Å². The molecule has 0 aromatic heterocycles. The second kappa shape index (κ2) is 11.0. The van der Waals surface area contributed by atoms with Gasteiger partial charge in [0.05, 0.1) is 11.4 Å². The van der Waals surface area contributed by atoms with Crippen LogP contribution in [0.2, 0.25) is 0 Å². The topological polar surface area (TPSA) is 55.8 Å². The van der Waals surface area contributed by atoms with Gasteiger partial charge in [-0.05, 0) is 64.7 Å². The van der Waals surface area contributed by atoms with Gasteiger partial charge >= 0.3 is 0 Å². The normalized spacial score (nSPS) is 15.0. The van der Waals surface area contributed by atoms with E-state index in [0.717, 1.165) is 22.4 Å². The number of rotatable bonds is 8. The number of carbonyl (C=O) groups excluding carboxylic acids is 2. The van der Waals surface area contributed by atoms with E-state index in [0.29, 0.717) is 35.0 Å². The number of hydrogen-bond donors (Lipinski definition) is 0. The van der Waals surface area contributed by atoms with Crippen LogP contribution in [-0.2, 0) is 16.8 Å². The summed E-state index contributed by atoms with van der Waals surface area (Å²) in [5.74, 6) is 0.614. The molecule has 0 N–H and O–H groups in total. The van der Waals surface area contributed by atoms with E-state index in [1.165, 1.54) is 17.7 Å².